The van der Waals surface area contributed by atoms with Gasteiger partial charge in [-0.3, -0.25) is 0 Å². The van der Waals surface area contributed by atoms with Crippen LogP contribution in [0.3, 0.4) is 0 Å². The number of aromatic hydroxyl groups is 1. The minimum Gasteiger partial charge on any atom is -0.508 e. The van der Waals surface area contributed by atoms with Crippen molar-refractivity contribution in [3.8, 4) is 5.75 Å². The number of phenols is 1. The fourth-order valence-electron chi connectivity index (χ4n) is 3.96. The molecule has 1 N–H and O–H groups in total. The molecule has 1 saturated heterocycles. The molecule has 1 atom stereocenters. The van der Waals surface area contributed by atoms with E-state index in [0.717, 1.165) is 15.6 Å². The highest BCUT2D eigenvalue weighted by Gasteiger charge is 2.41. The van der Waals surface area contributed by atoms with Gasteiger partial charge in [0.15, 0.2) is 5.75 Å². The Morgan fingerprint density at radius 3 is 2.31 bits per heavy atom. The largest absolute Gasteiger partial charge is 0.508 e. The van der Waals surface area contributed by atoms with Gasteiger partial charge in [0.2, 0.25) is 10.0 Å². The molecule has 1 aliphatic heterocycles. The summed E-state index contributed by atoms with van der Waals surface area (Å²) < 4.78 is 93.1. The molecule has 1 aromatic carbocycles. The van der Waals surface area contributed by atoms with E-state index >= 15 is 0 Å². The first-order chi connectivity index (χ1) is 16.2. The maximum Gasteiger partial charge on any atom is 0.404 e. The average molecular weight is 556 g/mol. The quantitative estimate of drug-likeness (QED) is 0.511. The number of hydrogen-bond donors (Lipinski definition) is 1. The minimum atomic E-state index is -4.91. The Morgan fingerprint density at radius 2 is 1.77 bits per heavy atom. The molecule has 0 spiro atoms. The first-order valence-corrected chi connectivity index (χ1v) is 14.8. The van der Waals surface area contributed by atoms with Crippen molar-refractivity contribution < 1.29 is 35.1 Å². The fourth-order valence-corrected chi connectivity index (χ4v) is 8.10. The van der Waals surface area contributed by atoms with E-state index in [-0.39, 0.29) is 48.6 Å². The van der Waals surface area contributed by atoms with Crippen molar-refractivity contribution in [2.24, 2.45) is 5.92 Å². The Kier molecular flexibility index (Phi) is 8.41. The number of rotatable bonds is 9. The minimum absolute atomic E-state index is 0.0124. The summed E-state index contributed by atoms with van der Waals surface area (Å²) in [6.07, 6.45) is -4.91. The lowest BCUT2D eigenvalue weighted by Gasteiger charge is -2.43. The van der Waals surface area contributed by atoms with Gasteiger partial charge < -0.3 is 10.0 Å². The van der Waals surface area contributed by atoms with Crippen molar-refractivity contribution in [2.75, 3.05) is 43.4 Å². The number of anilines is 1. The highest BCUT2D eigenvalue weighted by Crippen LogP contribution is 2.29. The molecular weight excluding hydrogens is 527 g/mol. The molecule has 3 rings (SSSR count). The van der Waals surface area contributed by atoms with E-state index in [0.29, 0.717) is 5.69 Å². The summed E-state index contributed by atoms with van der Waals surface area (Å²) in [5.74, 6) is -2.23. The molecule has 0 radical (unpaired) electrons. The molecular formula is C21H28F3N3O5S3. The molecule has 0 bridgehead atoms. The Hall–Kier alpha value is -1.87. The maximum absolute atomic E-state index is 13.1. The number of benzene rings is 1. The zero-order valence-electron chi connectivity index (χ0n) is 19.2. The lowest BCUT2D eigenvalue weighted by Crippen LogP contribution is -2.59. The third kappa shape index (κ3) is 7.09. The Balaban J connectivity index is 1.96. The molecule has 196 valence electrons. The van der Waals surface area contributed by atoms with Gasteiger partial charge in [-0.25, -0.2) is 16.8 Å². The summed E-state index contributed by atoms with van der Waals surface area (Å²) in [5, 5.41) is 11.3. The third-order valence-corrected chi connectivity index (χ3v) is 10.5. The molecule has 0 saturated carbocycles. The highest BCUT2D eigenvalue weighted by molar-refractivity contribution is 7.91. The van der Waals surface area contributed by atoms with Gasteiger partial charge in [-0.15, -0.1) is 11.3 Å². The highest BCUT2D eigenvalue weighted by atomic mass is 32.2. The van der Waals surface area contributed by atoms with Crippen LogP contribution < -0.4 is 4.90 Å². The SMILES string of the molecule is CC(C)CN(C[C@H]1CN(S(=O)(=O)c2cccs2)CCN1c1ccc(O)cc1)S(=O)(=O)CC(F)(F)F. The predicted molar refractivity (Wildman–Crippen MR) is 129 cm³/mol. The molecule has 8 nitrogen and oxygen atoms in total. The van der Waals surface area contributed by atoms with Crippen LogP contribution in [0.25, 0.3) is 0 Å². The van der Waals surface area contributed by atoms with E-state index in [1.165, 1.54) is 22.5 Å². The first-order valence-electron chi connectivity index (χ1n) is 10.8. The molecule has 14 heteroatoms. The Labute approximate surface area is 207 Å². The van der Waals surface area contributed by atoms with Gasteiger partial charge in [0.25, 0.3) is 10.0 Å². The van der Waals surface area contributed by atoms with Gasteiger partial charge in [-0.2, -0.15) is 21.8 Å². The van der Waals surface area contributed by atoms with Crippen molar-refractivity contribution >= 4 is 37.1 Å². The number of halogens is 3. The molecule has 35 heavy (non-hydrogen) atoms. The van der Waals surface area contributed by atoms with Crippen LogP contribution in [0, 0.1) is 5.92 Å². The summed E-state index contributed by atoms with van der Waals surface area (Å²) >= 11 is 1.05. The molecule has 2 aromatic rings. The van der Waals surface area contributed by atoms with Crippen LogP contribution in [0.2, 0.25) is 0 Å². The number of sulfonamides is 2. The van der Waals surface area contributed by atoms with Crippen LogP contribution in [-0.4, -0.2) is 81.2 Å². The van der Waals surface area contributed by atoms with Crippen LogP contribution in [0.5, 0.6) is 5.75 Å². The lowest BCUT2D eigenvalue weighted by molar-refractivity contribution is -0.107. The second kappa shape index (κ2) is 10.6. The van der Waals surface area contributed by atoms with E-state index in [1.54, 1.807) is 42.3 Å². The molecule has 1 aromatic heterocycles. The van der Waals surface area contributed by atoms with Gasteiger partial charge in [-0.1, -0.05) is 19.9 Å². The van der Waals surface area contributed by atoms with Gasteiger partial charge in [0.05, 0.1) is 6.04 Å². The van der Waals surface area contributed by atoms with Crippen molar-refractivity contribution in [3.05, 3.63) is 41.8 Å². The van der Waals surface area contributed by atoms with E-state index in [1.807, 2.05) is 0 Å². The lowest BCUT2D eigenvalue weighted by atomic mass is 10.1. The summed E-state index contributed by atoms with van der Waals surface area (Å²) in [5.41, 5.74) is 0.596. The molecule has 0 aliphatic carbocycles. The average Bonchev–Trinajstić information content (AvgIpc) is 3.28. The van der Waals surface area contributed by atoms with Gasteiger partial charge in [-0.05, 0) is 41.6 Å². The zero-order chi connectivity index (χ0) is 26.0. The zero-order valence-corrected chi connectivity index (χ0v) is 21.7. The van der Waals surface area contributed by atoms with E-state index in [9.17, 15) is 35.1 Å². The van der Waals surface area contributed by atoms with Crippen molar-refractivity contribution in [2.45, 2.75) is 30.3 Å². The summed E-state index contributed by atoms with van der Waals surface area (Å²) in [4.78, 5) is 1.77. The monoisotopic (exact) mass is 555 g/mol. The standard InChI is InChI=1S/C21H28F3N3O5S3/c1-16(2)12-26(34(29,30)15-21(22,23)24)14-18-13-25(35(31,32)20-4-3-11-33-20)9-10-27(18)17-5-7-19(28)8-6-17/h3-8,11,16,18,28H,9-10,12-15H2,1-2H3/t18-/m1/s1. The second-order valence-corrected chi connectivity index (χ2v) is 13.8. The van der Waals surface area contributed by atoms with E-state index in [4.69, 9.17) is 0 Å². The van der Waals surface area contributed by atoms with Crippen molar-refractivity contribution in [3.63, 3.8) is 0 Å². The van der Waals surface area contributed by atoms with Gasteiger partial charge in [0, 0.05) is 38.4 Å². The van der Waals surface area contributed by atoms with Gasteiger partial charge >= 0.3 is 6.18 Å². The second-order valence-electron chi connectivity index (χ2n) is 8.74. The normalized spacial score (nSPS) is 18.5. The topological polar surface area (TPSA) is 98.2 Å². The number of piperazine rings is 1. The number of phenolic OH excluding ortho intramolecular Hbond substituents is 1. The summed E-state index contributed by atoms with van der Waals surface area (Å²) in [6.45, 7) is 3.11. The maximum atomic E-state index is 13.1. The summed E-state index contributed by atoms with van der Waals surface area (Å²) in [7, 11) is -8.56. The molecule has 1 fully saturated rings. The Bertz CT molecular complexity index is 1190. The summed E-state index contributed by atoms with van der Waals surface area (Å²) in [6, 6.07) is 8.40. The number of thiophene rings is 1. The smallest absolute Gasteiger partial charge is 0.404 e. The van der Waals surface area contributed by atoms with Crippen LogP contribution in [0.4, 0.5) is 18.9 Å². The molecule has 1 aliphatic rings. The van der Waals surface area contributed by atoms with Crippen LogP contribution in [0.1, 0.15) is 13.8 Å². The molecule has 2 heterocycles. The number of nitrogens with zero attached hydrogens (tertiary/aromatic N) is 3. The number of hydrogen-bond acceptors (Lipinski definition) is 7. The van der Waals surface area contributed by atoms with Crippen LogP contribution >= 0.6 is 11.3 Å². The van der Waals surface area contributed by atoms with Crippen LogP contribution in [-0.2, 0) is 20.0 Å². The number of alkyl halides is 3. The van der Waals surface area contributed by atoms with E-state index < -0.39 is 38.0 Å². The third-order valence-electron chi connectivity index (χ3n) is 5.44. The predicted octanol–water partition coefficient (Wildman–Crippen LogP) is 3.18. The first kappa shape index (κ1) is 27.7. The fraction of sp³-hybridized carbons (Fsp3) is 0.524. The van der Waals surface area contributed by atoms with Gasteiger partial charge in [0.1, 0.15) is 9.96 Å². The molecule has 0 unspecified atom stereocenters. The van der Waals surface area contributed by atoms with Crippen molar-refractivity contribution in [1.82, 2.24) is 8.61 Å². The van der Waals surface area contributed by atoms with Crippen LogP contribution in [0.15, 0.2) is 46.0 Å². The van der Waals surface area contributed by atoms with E-state index in [2.05, 4.69) is 0 Å². The van der Waals surface area contributed by atoms with Crippen molar-refractivity contribution in [1.29, 1.82) is 0 Å². The molecule has 0 amide bonds. The Morgan fingerprint density at radius 1 is 1.11 bits per heavy atom.